The molecule has 2 heteroatoms. The second-order valence-electron chi connectivity index (χ2n) is 5.97. The molecule has 1 fully saturated rings. The molecule has 1 aromatic carbocycles. The Morgan fingerprint density at radius 3 is 2.28 bits per heavy atom. The van der Waals surface area contributed by atoms with Crippen molar-refractivity contribution in [2.45, 2.75) is 39.2 Å². The van der Waals surface area contributed by atoms with Crippen LogP contribution in [-0.2, 0) is 0 Å². The van der Waals surface area contributed by atoms with Gasteiger partial charge in [0.1, 0.15) is 0 Å². The highest BCUT2D eigenvalue weighted by atomic mass is 127. The van der Waals surface area contributed by atoms with Gasteiger partial charge in [0.05, 0.1) is 0 Å². The van der Waals surface area contributed by atoms with E-state index < -0.39 is 0 Å². The molecule has 1 saturated carbocycles. The lowest BCUT2D eigenvalue weighted by molar-refractivity contribution is 0.180. The molecule has 0 amide bonds. The van der Waals surface area contributed by atoms with Crippen molar-refractivity contribution in [1.82, 2.24) is 5.32 Å². The lowest BCUT2D eigenvalue weighted by Gasteiger charge is -2.37. The first kappa shape index (κ1) is 14.3. The molecule has 0 radical (unpaired) electrons. The summed E-state index contributed by atoms with van der Waals surface area (Å²) in [5, 5.41) is 3.57. The maximum Gasteiger partial charge on any atom is 0.0356 e. The van der Waals surface area contributed by atoms with Gasteiger partial charge in [0.2, 0.25) is 0 Å². The standard InChI is InChI=1S/C16H24IN/c1-11-8-12(2)10-13(9-11)16(18-3)14-6-4-5-7-15(14)17/h4-7,11-13,16,18H,8-10H2,1-3H3. The molecule has 0 saturated heterocycles. The van der Waals surface area contributed by atoms with E-state index in [1.807, 2.05) is 0 Å². The fourth-order valence-electron chi connectivity index (χ4n) is 3.65. The zero-order valence-electron chi connectivity index (χ0n) is 11.6. The van der Waals surface area contributed by atoms with E-state index in [4.69, 9.17) is 0 Å². The summed E-state index contributed by atoms with van der Waals surface area (Å²) in [6, 6.07) is 9.31. The van der Waals surface area contributed by atoms with Crippen LogP contribution in [0.3, 0.4) is 0 Å². The topological polar surface area (TPSA) is 12.0 Å². The number of hydrogen-bond donors (Lipinski definition) is 1. The Hall–Kier alpha value is -0.0900. The molecule has 18 heavy (non-hydrogen) atoms. The zero-order valence-corrected chi connectivity index (χ0v) is 13.8. The van der Waals surface area contributed by atoms with E-state index in [-0.39, 0.29) is 0 Å². The monoisotopic (exact) mass is 357 g/mol. The van der Waals surface area contributed by atoms with E-state index in [0.717, 1.165) is 17.8 Å². The molecule has 0 spiro atoms. The summed E-state index contributed by atoms with van der Waals surface area (Å²) in [6.07, 6.45) is 4.13. The minimum Gasteiger partial charge on any atom is -0.313 e. The van der Waals surface area contributed by atoms with Gasteiger partial charge in [0, 0.05) is 9.61 Å². The van der Waals surface area contributed by atoms with Gasteiger partial charge < -0.3 is 5.32 Å². The molecule has 1 aromatic rings. The number of halogens is 1. The summed E-state index contributed by atoms with van der Waals surface area (Å²) in [5.74, 6) is 2.52. The van der Waals surface area contributed by atoms with E-state index in [2.05, 4.69) is 73.1 Å². The van der Waals surface area contributed by atoms with Crippen LogP contribution in [0.1, 0.15) is 44.7 Å². The van der Waals surface area contributed by atoms with Gasteiger partial charge in [0.15, 0.2) is 0 Å². The molecule has 0 aliphatic heterocycles. The molecule has 3 unspecified atom stereocenters. The second-order valence-corrected chi connectivity index (χ2v) is 7.13. The highest BCUT2D eigenvalue weighted by Crippen LogP contribution is 2.40. The number of benzene rings is 1. The molecule has 3 atom stereocenters. The first-order chi connectivity index (χ1) is 8.61. The lowest BCUT2D eigenvalue weighted by atomic mass is 9.72. The van der Waals surface area contributed by atoms with Crippen molar-refractivity contribution in [2.75, 3.05) is 7.05 Å². The predicted molar refractivity (Wildman–Crippen MR) is 86.6 cm³/mol. The van der Waals surface area contributed by atoms with Gasteiger partial charge in [-0.15, -0.1) is 0 Å². The number of rotatable bonds is 3. The third-order valence-corrected chi connectivity index (χ3v) is 5.22. The van der Waals surface area contributed by atoms with Crippen LogP contribution in [0, 0.1) is 21.3 Å². The van der Waals surface area contributed by atoms with Crippen molar-refractivity contribution in [2.24, 2.45) is 17.8 Å². The first-order valence-electron chi connectivity index (χ1n) is 7.03. The SMILES string of the molecule is CNC(c1ccccc1I)C1CC(C)CC(C)C1. The van der Waals surface area contributed by atoms with Crippen molar-refractivity contribution < 1.29 is 0 Å². The molecule has 0 bridgehead atoms. The minimum atomic E-state index is 0.517. The molecule has 100 valence electrons. The minimum absolute atomic E-state index is 0.517. The van der Waals surface area contributed by atoms with Crippen LogP contribution in [0.4, 0.5) is 0 Å². The number of hydrogen-bond acceptors (Lipinski definition) is 1. The molecular formula is C16H24IN. The maximum absolute atomic E-state index is 3.57. The Balaban J connectivity index is 2.20. The Bertz CT molecular complexity index is 380. The zero-order chi connectivity index (χ0) is 13.1. The second kappa shape index (κ2) is 6.38. The molecule has 0 heterocycles. The maximum atomic E-state index is 3.57. The molecule has 0 aromatic heterocycles. The third kappa shape index (κ3) is 3.27. The van der Waals surface area contributed by atoms with Crippen LogP contribution in [0.15, 0.2) is 24.3 Å². The van der Waals surface area contributed by atoms with Gasteiger partial charge >= 0.3 is 0 Å². The van der Waals surface area contributed by atoms with E-state index in [0.29, 0.717) is 6.04 Å². The van der Waals surface area contributed by atoms with Crippen LogP contribution in [0.5, 0.6) is 0 Å². The summed E-state index contributed by atoms with van der Waals surface area (Å²) < 4.78 is 1.39. The predicted octanol–water partition coefficient (Wildman–Crippen LogP) is 4.62. The average Bonchev–Trinajstić information content (AvgIpc) is 2.31. The lowest BCUT2D eigenvalue weighted by Crippen LogP contribution is -2.31. The van der Waals surface area contributed by atoms with E-state index in [1.165, 1.54) is 28.4 Å². The van der Waals surface area contributed by atoms with Gasteiger partial charge in [-0.05, 0) is 78.3 Å². The fourth-order valence-corrected chi connectivity index (χ4v) is 4.38. The van der Waals surface area contributed by atoms with E-state index >= 15 is 0 Å². The average molecular weight is 357 g/mol. The van der Waals surface area contributed by atoms with E-state index in [1.54, 1.807) is 0 Å². The van der Waals surface area contributed by atoms with Crippen LogP contribution in [0.25, 0.3) is 0 Å². The van der Waals surface area contributed by atoms with E-state index in [9.17, 15) is 0 Å². The van der Waals surface area contributed by atoms with Gasteiger partial charge in [0.25, 0.3) is 0 Å². The van der Waals surface area contributed by atoms with Gasteiger partial charge in [-0.3, -0.25) is 0 Å². The van der Waals surface area contributed by atoms with Gasteiger partial charge in [-0.1, -0.05) is 32.0 Å². The van der Waals surface area contributed by atoms with Gasteiger partial charge in [-0.25, -0.2) is 0 Å². The largest absolute Gasteiger partial charge is 0.313 e. The Labute approximate surface area is 125 Å². The molecule has 1 aliphatic rings. The highest BCUT2D eigenvalue weighted by molar-refractivity contribution is 14.1. The van der Waals surface area contributed by atoms with Crippen molar-refractivity contribution in [3.63, 3.8) is 0 Å². The normalized spacial score (nSPS) is 30.1. The van der Waals surface area contributed by atoms with Crippen molar-refractivity contribution >= 4 is 22.6 Å². The Morgan fingerprint density at radius 1 is 1.11 bits per heavy atom. The van der Waals surface area contributed by atoms with Crippen LogP contribution in [-0.4, -0.2) is 7.05 Å². The molecule has 1 nitrogen and oxygen atoms in total. The fraction of sp³-hybridized carbons (Fsp3) is 0.625. The summed E-state index contributed by atoms with van der Waals surface area (Å²) in [7, 11) is 2.11. The summed E-state index contributed by atoms with van der Waals surface area (Å²) in [6.45, 7) is 4.82. The van der Waals surface area contributed by atoms with Crippen molar-refractivity contribution in [3.8, 4) is 0 Å². The summed E-state index contributed by atoms with van der Waals surface area (Å²) in [5.41, 5.74) is 1.48. The smallest absolute Gasteiger partial charge is 0.0356 e. The molecular weight excluding hydrogens is 333 g/mol. The number of nitrogens with one attached hydrogen (secondary N) is 1. The van der Waals surface area contributed by atoms with Crippen LogP contribution >= 0.6 is 22.6 Å². The Kier molecular flexibility index (Phi) is 5.07. The molecule has 1 aliphatic carbocycles. The molecule has 2 rings (SSSR count). The third-order valence-electron chi connectivity index (χ3n) is 4.24. The molecule has 1 N–H and O–H groups in total. The van der Waals surface area contributed by atoms with Crippen molar-refractivity contribution in [1.29, 1.82) is 0 Å². The van der Waals surface area contributed by atoms with Crippen LogP contribution < -0.4 is 5.32 Å². The quantitative estimate of drug-likeness (QED) is 0.778. The Morgan fingerprint density at radius 2 is 1.72 bits per heavy atom. The van der Waals surface area contributed by atoms with Crippen LogP contribution in [0.2, 0.25) is 0 Å². The first-order valence-corrected chi connectivity index (χ1v) is 8.11. The highest BCUT2D eigenvalue weighted by Gasteiger charge is 2.30. The van der Waals surface area contributed by atoms with Crippen molar-refractivity contribution in [3.05, 3.63) is 33.4 Å². The summed E-state index contributed by atoms with van der Waals surface area (Å²) in [4.78, 5) is 0. The summed E-state index contributed by atoms with van der Waals surface area (Å²) >= 11 is 2.47. The van der Waals surface area contributed by atoms with Gasteiger partial charge in [-0.2, -0.15) is 0 Å².